The molecule has 2 rings (SSSR count). The quantitative estimate of drug-likeness (QED) is 0.571. The van der Waals surface area contributed by atoms with E-state index in [2.05, 4.69) is 60.6 Å². The van der Waals surface area contributed by atoms with Gasteiger partial charge in [0.1, 0.15) is 0 Å². The Kier molecular flexibility index (Phi) is 3.75. The summed E-state index contributed by atoms with van der Waals surface area (Å²) in [7, 11) is 0. The Bertz CT molecular complexity index is 406. The van der Waals surface area contributed by atoms with E-state index in [4.69, 9.17) is 0 Å². The van der Waals surface area contributed by atoms with Crippen molar-refractivity contribution in [1.29, 1.82) is 0 Å². The lowest BCUT2D eigenvalue weighted by Gasteiger charge is -2.48. The van der Waals surface area contributed by atoms with Crippen LogP contribution in [-0.2, 0) is 0 Å². The lowest BCUT2D eigenvalue weighted by atomic mass is 9.57. The van der Waals surface area contributed by atoms with Crippen LogP contribution in [0.5, 0.6) is 0 Å². The number of hydrogen-bond acceptors (Lipinski definition) is 0. The smallest absolute Gasteiger partial charge is 0.0103 e. The molecule has 0 aromatic heterocycles. The minimum absolute atomic E-state index is 0.368. The number of rotatable bonds is 2. The van der Waals surface area contributed by atoms with Crippen molar-refractivity contribution in [2.45, 2.75) is 67.7 Å². The van der Waals surface area contributed by atoms with E-state index in [-0.39, 0.29) is 0 Å². The molecule has 0 N–H and O–H groups in total. The molecule has 0 aromatic rings. The number of fused-ring (bicyclic) bond motifs is 1. The molecule has 0 heteroatoms. The molecule has 0 amide bonds. The maximum atomic E-state index is 2.65. The van der Waals surface area contributed by atoms with Gasteiger partial charge in [0.05, 0.1) is 0 Å². The summed E-state index contributed by atoms with van der Waals surface area (Å²) in [4.78, 5) is 0. The fourth-order valence-electron chi connectivity index (χ4n) is 3.93. The second-order valence-corrected chi connectivity index (χ2v) is 8.25. The maximum absolute atomic E-state index is 2.65. The molecule has 108 valence electrons. The zero-order chi connectivity index (χ0) is 14.4. The molecule has 3 unspecified atom stereocenters. The Morgan fingerprint density at radius 2 is 1.53 bits per heavy atom. The topological polar surface area (TPSA) is 0 Å². The van der Waals surface area contributed by atoms with Crippen LogP contribution in [0.3, 0.4) is 0 Å². The van der Waals surface area contributed by atoms with Crippen molar-refractivity contribution in [2.24, 2.45) is 28.6 Å². The van der Waals surface area contributed by atoms with Gasteiger partial charge in [-0.3, -0.25) is 0 Å². The highest BCUT2D eigenvalue weighted by atomic mass is 14.5. The van der Waals surface area contributed by atoms with Crippen LogP contribution in [0.1, 0.15) is 67.7 Å². The van der Waals surface area contributed by atoms with E-state index in [1.165, 1.54) is 19.3 Å². The van der Waals surface area contributed by atoms with Gasteiger partial charge in [0.15, 0.2) is 0 Å². The summed E-state index contributed by atoms with van der Waals surface area (Å²) in [6.07, 6.45) is 9.18. The van der Waals surface area contributed by atoms with Crippen molar-refractivity contribution in [1.82, 2.24) is 0 Å². The molecule has 1 fully saturated rings. The largest absolute Gasteiger partial charge is 0.0770 e. The van der Waals surface area contributed by atoms with Crippen molar-refractivity contribution >= 4 is 0 Å². The average Bonchev–Trinajstić information content (AvgIpc) is 2.34. The number of allylic oxidation sites excluding steroid dienone is 4. The number of hydrogen-bond donors (Lipinski definition) is 0. The van der Waals surface area contributed by atoms with Gasteiger partial charge in [-0.1, -0.05) is 67.0 Å². The third kappa shape index (κ3) is 2.56. The SMILES string of the molecule is CCC(C)C1C=C2C(=CC1C)C(C)(C)CCC2(C)C. The Labute approximate surface area is 120 Å². The molecule has 0 radical (unpaired) electrons. The van der Waals surface area contributed by atoms with Crippen molar-refractivity contribution in [2.75, 3.05) is 0 Å². The van der Waals surface area contributed by atoms with Crippen LogP contribution < -0.4 is 0 Å². The summed E-state index contributed by atoms with van der Waals surface area (Å²) in [5.74, 6) is 2.22. The highest BCUT2D eigenvalue weighted by Gasteiger charge is 2.42. The normalized spacial score (nSPS) is 34.1. The summed E-state index contributed by atoms with van der Waals surface area (Å²) < 4.78 is 0. The third-order valence-electron chi connectivity index (χ3n) is 5.82. The van der Waals surface area contributed by atoms with Crippen LogP contribution in [0.2, 0.25) is 0 Å². The zero-order valence-corrected chi connectivity index (χ0v) is 14.0. The molecular weight excluding hydrogens is 228 g/mol. The van der Waals surface area contributed by atoms with Crippen LogP contribution in [0.25, 0.3) is 0 Å². The van der Waals surface area contributed by atoms with Gasteiger partial charge in [0, 0.05) is 0 Å². The monoisotopic (exact) mass is 260 g/mol. The van der Waals surface area contributed by atoms with Crippen molar-refractivity contribution in [3.05, 3.63) is 23.3 Å². The van der Waals surface area contributed by atoms with Crippen molar-refractivity contribution in [3.8, 4) is 0 Å². The van der Waals surface area contributed by atoms with E-state index in [0.29, 0.717) is 16.7 Å². The van der Waals surface area contributed by atoms with Crippen LogP contribution >= 0.6 is 0 Å². The summed E-state index contributed by atoms with van der Waals surface area (Å²) >= 11 is 0. The molecule has 0 heterocycles. The van der Waals surface area contributed by atoms with E-state index >= 15 is 0 Å². The minimum atomic E-state index is 0.368. The molecule has 19 heavy (non-hydrogen) atoms. The van der Waals surface area contributed by atoms with Crippen molar-refractivity contribution in [3.63, 3.8) is 0 Å². The van der Waals surface area contributed by atoms with Crippen molar-refractivity contribution < 1.29 is 0 Å². The van der Waals surface area contributed by atoms with E-state index in [1.807, 2.05) is 0 Å². The van der Waals surface area contributed by atoms with Gasteiger partial charge in [0.25, 0.3) is 0 Å². The second kappa shape index (κ2) is 4.79. The molecule has 2 aliphatic rings. The second-order valence-electron chi connectivity index (χ2n) is 8.25. The minimum Gasteiger partial charge on any atom is -0.0770 e. The molecule has 1 saturated carbocycles. The van der Waals surface area contributed by atoms with Gasteiger partial charge >= 0.3 is 0 Å². The summed E-state index contributed by atoms with van der Waals surface area (Å²) in [6, 6.07) is 0. The fourth-order valence-corrected chi connectivity index (χ4v) is 3.93. The summed E-state index contributed by atoms with van der Waals surface area (Å²) in [5, 5.41) is 0. The molecular formula is C19H32. The standard InChI is InChI=1S/C19H32/c1-8-13(2)15-12-17-16(11-14(15)3)18(4,5)9-10-19(17,6)7/h11-15H,8-10H2,1-7H3. The first-order chi connectivity index (χ1) is 8.69. The molecule has 0 aliphatic heterocycles. The summed E-state index contributed by atoms with van der Waals surface area (Å²) in [6.45, 7) is 16.9. The van der Waals surface area contributed by atoms with Crippen LogP contribution in [0.15, 0.2) is 23.3 Å². The molecule has 0 nitrogen and oxygen atoms in total. The van der Waals surface area contributed by atoms with Gasteiger partial charge in [0.2, 0.25) is 0 Å². The maximum Gasteiger partial charge on any atom is -0.0103 e. The molecule has 0 saturated heterocycles. The Morgan fingerprint density at radius 3 is 2.00 bits per heavy atom. The van der Waals surface area contributed by atoms with E-state index in [9.17, 15) is 0 Å². The van der Waals surface area contributed by atoms with Crippen LogP contribution in [0, 0.1) is 28.6 Å². The molecule has 2 aliphatic carbocycles. The molecule has 0 aromatic carbocycles. The average molecular weight is 260 g/mol. The fraction of sp³-hybridized carbons (Fsp3) is 0.789. The van der Waals surface area contributed by atoms with Crippen LogP contribution in [-0.4, -0.2) is 0 Å². The Balaban J connectivity index is 2.44. The van der Waals surface area contributed by atoms with Gasteiger partial charge in [-0.25, -0.2) is 0 Å². The summed E-state index contributed by atoms with van der Waals surface area (Å²) in [5.41, 5.74) is 4.05. The van der Waals surface area contributed by atoms with E-state index in [0.717, 1.165) is 11.8 Å². The van der Waals surface area contributed by atoms with E-state index in [1.54, 1.807) is 11.1 Å². The highest BCUT2D eigenvalue weighted by Crippen LogP contribution is 2.55. The third-order valence-corrected chi connectivity index (χ3v) is 5.82. The predicted molar refractivity (Wildman–Crippen MR) is 85.1 cm³/mol. The van der Waals surface area contributed by atoms with Gasteiger partial charge < -0.3 is 0 Å². The van der Waals surface area contributed by atoms with Gasteiger partial charge in [-0.05, 0) is 52.6 Å². The van der Waals surface area contributed by atoms with Crippen LogP contribution in [0.4, 0.5) is 0 Å². The Hall–Kier alpha value is -0.520. The zero-order valence-electron chi connectivity index (χ0n) is 14.0. The lowest BCUT2D eigenvalue weighted by Crippen LogP contribution is -2.36. The first kappa shape index (κ1) is 14.9. The molecule has 0 spiro atoms. The Morgan fingerprint density at radius 1 is 1.05 bits per heavy atom. The predicted octanol–water partition coefficient (Wildman–Crippen LogP) is 6.00. The molecule has 0 bridgehead atoms. The molecule has 3 atom stereocenters. The lowest BCUT2D eigenvalue weighted by molar-refractivity contribution is 0.240. The first-order valence-corrected chi connectivity index (χ1v) is 8.14. The highest BCUT2D eigenvalue weighted by molar-refractivity contribution is 5.45. The first-order valence-electron chi connectivity index (χ1n) is 8.14. The van der Waals surface area contributed by atoms with Gasteiger partial charge in [-0.2, -0.15) is 0 Å². The van der Waals surface area contributed by atoms with E-state index < -0.39 is 0 Å². The van der Waals surface area contributed by atoms with Gasteiger partial charge in [-0.15, -0.1) is 0 Å².